The first-order chi connectivity index (χ1) is 15.8. The molecule has 0 radical (unpaired) electrons. The molecule has 2 heterocycles. The van der Waals surface area contributed by atoms with Crippen LogP contribution < -0.4 is 0 Å². The van der Waals surface area contributed by atoms with Crippen molar-refractivity contribution in [3.63, 3.8) is 0 Å². The standard InChI is InChI=1S/C22H15ClN4O5S/c1-26-10-14(9-24-26)21-25-15(12-33-21)11-32-22(29)17-5-3-2-4-16(17)20(28)13-6-7-18(23)19(8-13)27(30)31/h2-10,12H,11H2,1H3. The molecule has 2 aromatic carbocycles. The second-order valence-electron chi connectivity index (χ2n) is 6.92. The molecule has 4 rings (SSSR count). The lowest BCUT2D eigenvalue weighted by atomic mass is 9.98. The first kappa shape index (κ1) is 22.3. The normalized spacial score (nSPS) is 10.7. The van der Waals surface area contributed by atoms with E-state index >= 15 is 0 Å². The van der Waals surface area contributed by atoms with Crippen molar-refractivity contribution in [2.24, 2.45) is 7.05 Å². The van der Waals surface area contributed by atoms with Crippen molar-refractivity contribution in [2.45, 2.75) is 6.61 Å². The van der Waals surface area contributed by atoms with E-state index in [1.54, 1.807) is 35.4 Å². The van der Waals surface area contributed by atoms with Crippen LogP contribution in [0.5, 0.6) is 0 Å². The molecule has 0 aliphatic rings. The van der Waals surface area contributed by atoms with Gasteiger partial charge in [-0.15, -0.1) is 11.3 Å². The topological polar surface area (TPSA) is 117 Å². The molecular weight excluding hydrogens is 468 g/mol. The van der Waals surface area contributed by atoms with Gasteiger partial charge in [0.2, 0.25) is 0 Å². The van der Waals surface area contributed by atoms with Crippen molar-refractivity contribution < 1.29 is 19.2 Å². The maximum atomic E-state index is 13.0. The van der Waals surface area contributed by atoms with Gasteiger partial charge in [0.15, 0.2) is 5.78 Å². The monoisotopic (exact) mass is 482 g/mol. The first-order valence-electron chi connectivity index (χ1n) is 9.51. The molecule has 0 N–H and O–H groups in total. The van der Waals surface area contributed by atoms with Gasteiger partial charge in [-0.2, -0.15) is 5.10 Å². The average Bonchev–Trinajstić information content (AvgIpc) is 3.46. The summed E-state index contributed by atoms with van der Waals surface area (Å²) in [6, 6.07) is 9.84. The number of halogens is 1. The van der Waals surface area contributed by atoms with Gasteiger partial charge in [-0.05, 0) is 18.2 Å². The first-order valence-corrected chi connectivity index (χ1v) is 10.8. The molecule has 33 heavy (non-hydrogen) atoms. The Bertz CT molecular complexity index is 1380. The van der Waals surface area contributed by atoms with Gasteiger partial charge in [0.1, 0.15) is 16.6 Å². The van der Waals surface area contributed by atoms with Crippen LogP contribution in [-0.4, -0.2) is 31.4 Å². The molecule has 0 amide bonds. The predicted octanol–water partition coefficient (Wildman–Crippen LogP) is 4.69. The van der Waals surface area contributed by atoms with Crippen LogP contribution in [0.4, 0.5) is 5.69 Å². The van der Waals surface area contributed by atoms with Crippen LogP contribution in [0.2, 0.25) is 5.02 Å². The highest BCUT2D eigenvalue weighted by atomic mass is 35.5. The molecule has 0 spiro atoms. The number of ether oxygens (including phenoxy) is 1. The lowest BCUT2D eigenvalue weighted by Gasteiger charge is -2.09. The summed E-state index contributed by atoms with van der Waals surface area (Å²) in [6.07, 6.45) is 3.52. The molecule has 2 aromatic heterocycles. The van der Waals surface area contributed by atoms with Crippen LogP contribution in [0.15, 0.2) is 60.2 Å². The number of rotatable bonds is 7. The Balaban J connectivity index is 1.52. The number of ketones is 1. The number of benzene rings is 2. The van der Waals surface area contributed by atoms with Gasteiger partial charge in [-0.1, -0.05) is 29.8 Å². The summed E-state index contributed by atoms with van der Waals surface area (Å²) >= 11 is 7.23. The zero-order valence-electron chi connectivity index (χ0n) is 17.1. The lowest BCUT2D eigenvalue weighted by molar-refractivity contribution is -0.384. The Morgan fingerprint density at radius 3 is 2.67 bits per heavy atom. The summed E-state index contributed by atoms with van der Waals surface area (Å²) in [5.74, 6) is -1.27. The number of carbonyl (C=O) groups is 2. The van der Waals surface area contributed by atoms with Gasteiger partial charge in [-0.25, -0.2) is 9.78 Å². The van der Waals surface area contributed by atoms with Crippen molar-refractivity contribution in [1.82, 2.24) is 14.8 Å². The number of aryl methyl sites for hydroxylation is 1. The maximum absolute atomic E-state index is 13.0. The number of nitrogens with zero attached hydrogens (tertiary/aromatic N) is 4. The zero-order chi connectivity index (χ0) is 23.5. The van der Waals surface area contributed by atoms with E-state index < -0.39 is 22.4 Å². The fourth-order valence-electron chi connectivity index (χ4n) is 3.06. The molecule has 0 bridgehead atoms. The van der Waals surface area contributed by atoms with E-state index in [9.17, 15) is 19.7 Å². The number of aromatic nitrogens is 3. The van der Waals surface area contributed by atoms with Crippen molar-refractivity contribution >= 4 is 40.4 Å². The number of esters is 1. The van der Waals surface area contributed by atoms with Crippen molar-refractivity contribution in [3.8, 4) is 10.6 Å². The van der Waals surface area contributed by atoms with Crippen molar-refractivity contribution in [3.05, 3.63) is 97.8 Å². The van der Waals surface area contributed by atoms with Crippen LogP contribution in [-0.2, 0) is 18.4 Å². The van der Waals surface area contributed by atoms with Crippen LogP contribution in [0.25, 0.3) is 10.6 Å². The summed E-state index contributed by atoms with van der Waals surface area (Å²) in [5, 5.41) is 17.7. The van der Waals surface area contributed by atoms with Crippen molar-refractivity contribution in [2.75, 3.05) is 0 Å². The largest absolute Gasteiger partial charge is 0.456 e. The maximum Gasteiger partial charge on any atom is 0.339 e. The van der Waals surface area contributed by atoms with Crippen LogP contribution >= 0.6 is 22.9 Å². The third-order valence-electron chi connectivity index (χ3n) is 4.65. The molecule has 0 saturated carbocycles. The van der Waals surface area contributed by atoms with Crippen LogP contribution in [0.3, 0.4) is 0 Å². The van der Waals surface area contributed by atoms with E-state index in [1.165, 1.54) is 35.6 Å². The highest BCUT2D eigenvalue weighted by Gasteiger charge is 2.22. The number of thiazole rings is 1. The number of hydrogen-bond acceptors (Lipinski definition) is 8. The van der Waals surface area contributed by atoms with E-state index in [2.05, 4.69) is 10.1 Å². The number of nitro benzene ring substituents is 1. The van der Waals surface area contributed by atoms with Gasteiger partial charge in [0.05, 0.1) is 22.4 Å². The zero-order valence-corrected chi connectivity index (χ0v) is 18.7. The molecule has 0 aliphatic carbocycles. The fraction of sp³-hybridized carbons (Fsp3) is 0.0909. The van der Waals surface area contributed by atoms with Gasteiger partial charge in [0.25, 0.3) is 5.69 Å². The number of hydrogen-bond donors (Lipinski definition) is 0. The minimum atomic E-state index is -0.710. The molecule has 0 fully saturated rings. The molecule has 0 atom stereocenters. The van der Waals surface area contributed by atoms with Gasteiger partial charge >= 0.3 is 5.97 Å². The second kappa shape index (κ2) is 9.31. The molecule has 166 valence electrons. The molecule has 0 saturated heterocycles. The summed E-state index contributed by atoms with van der Waals surface area (Å²) in [4.78, 5) is 40.7. The molecule has 4 aromatic rings. The molecule has 0 aliphatic heterocycles. The highest BCUT2D eigenvalue weighted by Crippen LogP contribution is 2.27. The van der Waals surface area contributed by atoms with E-state index in [4.69, 9.17) is 16.3 Å². The minimum absolute atomic E-state index is 0.0342. The molecule has 9 nitrogen and oxygen atoms in total. The third kappa shape index (κ3) is 4.81. The Kier molecular flexibility index (Phi) is 6.29. The van der Waals surface area contributed by atoms with Gasteiger partial charge in [0, 0.05) is 41.4 Å². The predicted molar refractivity (Wildman–Crippen MR) is 121 cm³/mol. The number of carbonyl (C=O) groups excluding carboxylic acids is 2. The SMILES string of the molecule is Cn1cc(-c2nc(COC(=O)c3ccccc3C(=O)c3ccc(Cl)c([N+](=O)[O-])c3)cs2)cn1. The van der Waals surface area contributed by atoms with E-state index in [0.717, 1.165) is 16.6 Å². The molecule has 0 unspecified atom stereocenters. The van der Waals surface area contributed by atoms with Crippen LogP contribution in [0, 0.1) is 10.1 Å². The Hall–Kier alpha value is -3.89. The van der Waals surface area contributed by atoms with Gasteiger partial charge in [-0.3, -0.25) is 19.6 Å². The van der Waals surface area contributed by atoms with E-state index in [1.807, 2.05) is 6.20 Å². The lowest BCUT2D eigenvalue weighted by Crippen LogP contribution is -2.13. The van der Waals surface area contributed by atoms with E-state index in [0.29, 0.717) is 5.69 Å². The minimum Gasteiger partial charge on any atom is -0.456 e. The number of nitro groups is 1. The third-order valence-corrected chi connectivity index (χ3v) is 5.91. The Morgan fingerprint density at radius 1 is 1.21 bits per heavy atom. The second-order valence-corrected chi connectivity index (χ2v) is 8.19. The fourth-order valence-corrected chi connectivity index (χ4v) is 4.03. The van der Waals surface area contributed by atoms with Gasteiger partial charge < -0.3 is 4.74 Å². The Morgan fingerprint density at radius 2 is 1.97 bits per heavy atom. The summed E-state index contributed by atoms with van der Waals surface area (Å²) in [6.45, 7) is -0.0788. The Labute approximate surface area is 196 Å². The van der Waals surface area contributed by atoms with Crippen LogP contribution in [0.1, 0.15) is 32.0 Å². The summed E-state index contributed by atoms with van der Waals surface area (Å²) in [5.41, 5.74) is 1.16. The summed E-state index contributed by atoms with van der Waals surface area (Å²) in [7, 11) is 1.81. The highest BCUT2D eigenvalue weighted by molar-refractivity contribution is 7.13. The molecular formula is C22H15ClN4O5S. The quantitative estimate of drug-likeness (QED) is 0.162. The van der Waals surface area contributed by atoms with E-state index in [-0.39, 0.29) is 28.3 Å². The summed E-state index contributed by atoms with van der Waals surface area (Å²) < 4.78 is 7.05. The smallest absolute Gasteiger partial charge is 0.339 e. The van der Waals surface area contributed by atoms with Crippen molar-refractivity contribution in [1.29, 1.82) is 0 Å². The average molecular weight is 483 g/mol. The molecule has 11 heteroatoms.